The largest absolute Gasteiger partial charge is 0.467 e. The van der Waals surface area contributed by atoms with Crippen LogP contribution in [0.4, 0.5) is 43.9 Å². The molecule has 160 valence electrons. The summed E-state index contributed by atoms with van der Waals surface area (Å²) in [5, 5.41) is -14.0. The van der Waals surface area contributed by atoms with Crippen LogP contribution >= 0.6 is 0 Å². The van der Waals surface area contributed by atoms with Crippen molar-refractivity contribution in [3.63, 3.8) is 0 Å². The molecule has 0 fully saturated rings. The maximum Gasteiger partial charge on any atom is 0.467 e. The molecular weight excluding hydrogens is 460 g/mol. The van der Waals surface area contributed by atoms with E-state index in [1.165, 1.54) is 5.75 Å². The SMILES string of the molecule is CC[S+](C)C.O=S(=O)([N-]S(=O)(=O)C(F)(F)C(F)(F)F)C(F)(F)C(F)(F)F. The number of alkyl halides is 10. The van der Waals surface area contributed by atoms with E-state index in [1.807, 2.05) is 0 Å². The van der Waals surface area contributed by atoms with Gasteiger partial charge < -0.3 is 4.13 Å². The molecule has 0 spiro atoms. The van der Waals surface area contributed by atoms with E-state index in [0.717, 1.165) is 0 Å². The molecule has 0 saturated carbocycles. The normalized spacial score (nSPS) is 14.8. The van der Waals surface area contributed by atoms with E-state index < -0.39 is 42.9 Å². The Kier molecular flexibility index (Phi) is 8.80. The average Bonchev–Trinajstić information content (AvgIpc) is 2.34. The van der Waals surface area contributed by atoms with Gasteiger partial charge in [0.25, 0.3) is 0 Å². The van der Waals surface area contributed by atoms with Crippen LogP contribution in [0.5, 0.6) is 0 Å². The van der Waals surface area contributed by atoms with E-state index in [9.17, 15) is 60.7 Å². The van der Waals surface area contributed by atoms with Gasteiger partial charge in [0.1, 0.15) is 5.75 Å². The molecule has 0 aliphatic carbocycles. The Morgan fingerprint density at radius 2 is 0.885 bits per heavy atom. The lowest BCUT2D eigenvalue weighted by Gasteiger charge is -2.31. The monoisotopic (exact) mass is 471 g/mol. The van der Waals surface area contributed by atoms with Gasteiger partial charge in [-0.25, -0.2) is 16.8 Å². The van der Waals surface area contributed by atoms with Crippen LogP contribution in [-0.4, -0.2) is 58.0 Å². The highest BCUT2D eigenvalue weighted by molar-refractivity contribution is 8.13. The summed E-state index contributed by atoms with van der Waals surface area (Å²) in [4.78, 5) is 0. The fraction of sp³-hybridized carbons (Fsp3) is 1.00. The Bertz CT molecular complexity index is 611. The number of rotatable bonds is 5. The third-order valence-corrected chi connectivity index (χ3v) is 6.57. The Hall–Kier alpha value is -0.490. The highest BCUT2D eigenvalue weighted by Crippen LogP contribution is 2.47. The average molecular weight is 471 g/mol. The Morgan fingerprint density at radius 3 is 1.00 bits per heavy atom. The molecule has 26 heavy (non-hydrogen) atoms. The van der Waals surface area contributed by atoms with Crippen molar-refractivity contribution in [3.8, 4) is 0 Å². The number of hydrogen-bond acceptors (Lipinski definition) is 4. The van der Waals surface area contributed by atoms with Gasteiger partial charge in [-0.2, -0.15) is 43.9 Å². The summed E-state index contributed by atoms with van der Waals surface area (Å²) in [6.45, 7) is 2.21. The smallest absolute Gasteiger partial charge is 0.425 e. The lowest BCUT2D eigenvalue weighted by atomic mass is 10.7. The highest BCUT2D eigenvalue weighted by atomic mass is 32.3. The van der Waals surface area contributed by atoms with Crippen molar-refractivity contribution in [2.24, 2.45) is 0 Å². The van der Waals surface area contributed by atoms with Crippen LogP contribution in [0.2, 0.25) is 0 Å². The molecule has 18 heteroatoms. The van der Waals surface area contributed by atoms with Gasteiger partial charge >= 0.3 is 22.9 Å². The predicted molar refractivity (Wildman–Crippen MR) is 73.0 cm³/mol. The molecule has 0 N–H and O–H groups in total. The summed E-state index contributed by atoms with van der Waals surface area (Å²) in [5.41, 5.74) is 0. The number of sulfonamides is 2. The minimum atomic E-state index is -7.62. The molecule has 0 aromatic carbocycles. The van der Waals surface area contributed by atoms with Gasteiger partial charge in [-0.15, -0.1) is 0 Å². The number of hydrogen-bond donors (Lipinski definition) is 0. The molecule has 0 aromatic heterocycles. The molecular formula is C8H11F10NO4S3. The summed E-state index contributed by atoms with van der Waals surface area (Å²) >= 11 is 0. The van der Waals surface area contributed by atoms with E-state index >= 15 is 0 Å². The van der Waals surface area contributed by atoms with Crippen molar-refractivity contribution in [3.05, 3.63) is 4.13 Å². The third kappa shape index (κ3) is 6.29. The standard InChI is InChI=1S/C4F10NO4S2.C4H11S/c5-1(6,7)3(11,12)20(16,17)15-21(18,19)4(13,14)2(8,9)10;1-4-5(2)3/h;4H2,1-3H3/q-1;+1. The van der Waals surface area contributed by atoms with Crippen molar-refractivity contribution >= 4 is 30.9 Å². The molecule has 0 unspecified atom stereocenters. The minimum Gasteiger partial charge on any atom is -0.425 e. The summed E-state index contributed by atoms with van der Waals surface area (Å²) in [6.07, 6.45) is -9.50. The van der Waals surface area contributed by atoms with Crippen LogP contribution in [0.15, 0.2) is 0 Å². The lowest BCUT2D eigenvalue weighted by Crippen LogP contribution is -2.48. The van der Waals surface area contributed by atoms with Gasteiger partial charge in [-0.05, 0) is 17.8 Å². The topological polar surface area (TPSA) is 82.4 Å². The van der Waals surface area contributed by atoms with Gasteiger partial charge in [0.15, 0.2) is 20.0 Å². The van der Waals surface area contributed by atoms with Gasteiger partial charge in [0.2, 0.25) is 0 Å². The van der Waals surface area contributed by atoms with Gasteiger partial charge in [0, 0.05) is 0 Å². The first-order chi connectivity index (χ1) is 11.0. The Morgan fingerprint density at radius 1 is 0.692 bits per heavy atom. The minimum absolute atomic E-state index is 0.422. The van der Waals surface area contributed by atoms with Crippen molar-refractivity contribution < 1.29 is 60.7 Å². The van der Waals surface area contributed by atoms with Crippen LogP contribution < -0.4 is 0 Å². The molecule has 0 aromatic rings. The van der Waals surface area contributed by atoms with Crippen molar-refractivity contribution in [2.75, 3.05) is 18.3 Å². The zero-order chi connectivity index (χ0) is 22.0. The zero-order valence-electron chi connectivity index (χ0n) is 12.8. The molecule has 0 amide bonds. The van der Waals surface area contributed by atoms with E-state index in [1.54, 1.807) is 0 Å². The first-order valence-corrected chi connectivity index (χ1v) is 10.7. The van der Waals surface area contributed by atoms with Crippen LogP contribution in [0.1, 0.15) is 6.92 Å². The predicted octanol–water partition coefficient (Wildman–Crippen LogP) is 3.21. The van der Waals surface area contributed by atoms with Crippen LogP contribution in [0.3, 0.4) is 0 Å². The maximum atomic E-state index is 12.3. The summed E-state index contributed by atoms with van der Waals surface area (Å²) in [5.74, 6) is 1.33. The number of halogens is 10. The van der Waals surface area contributed by atoms with Crippen molar-refractivity contribution in [2.45, 2.75) is 29.8 Å². The first-order valence-electron chi connectivity index (χ1n) is 5.64. The van der Waals surface area contributed by atoms with E-state index in [0.29, 0.717) is 15.0 Å². The quantitative estimate of drug-likeness (QED) is 0.456. The van der Waals surface area contributed by atoms with Gasteiger partial charge in [0.05, 0.1) is 12.5 Å². The zero-order valence-corrected chi connectivity index (χ0v) is 15.2. The Labute approximate surface area is 144 Å². The summed E-state index contributed by atoms with van der Waals surface area (Å²) in [6, 6.07) is 0. The molecule has 0 atom stereocenters. The second kappa shape index (κ2) is 8.26. The second-order valence-electron chi connectivity index (χ2n) is 4.33. The maximum absolute atomic E-state index is 12.3. The molecule has 0 aliphatic heterocycles. The molecule has 5 nitrogen and oxygen atoms in total. The number of nitrogens with zero attached hydrogens (tertiary/aromatic N) is 1. The Balaban J connectivity index is 0. The molecule has 0 bridgehead atoms. The molecule has 0 heterocycles. The van der Waals surface area contributed by atoms with Gasteiger partial charge in [-0.1, -0.05) is 0 Å². The first kappa shape index (κ1) is 27.7. The van der Waals surface area contributed by atoms with Crippen molar-refractivity contribution in [1.29, 1.82) is 0 Å². The van der Waals surface area contributed by atoms with Crippen LogP contribution in [-0.2, 0) is 30.9 Å². The van der Waals surface area contributed by atoms with Crippen LogP contribution in [0, 0.1) is 0 Å². The summed E-state index contributed by atoms with van der Waals surface area (Å²) < 4.78 is 161. The molecule has 0 rings (SSSR count). The van der Waals surface area contributed by atoms with Crippen LogP contribution in [0.25, 0.3) is 4.13 Å². The van der Waals surface area contributed by atoms with Crippen molar-refractivity contribution in [1.82, 2.24) is 0 Å². The van der Waals surface area contributed by atoms with E-state index in [4.69, 9.17) is 0 Å². The molecule has 0 aliphatic rings. The third-order valence-electron chi connectivity index (χ3n) is 2.08. The fourth-order valence-corrected chi connectivity index (χ4v) is 2.88. The summed E-state index contributed by atoms with van der Waals surface area (Å²) in [7, 11) is -14.6. The molecule has 0 saturated heterocycles. The highest BCUT2D eigenvalue weighted by Gasteiger charge is 2.68. The van der Waals surface area contributed by atoms with E-state index in [2.05, 4.69) is 19.4 Å². The lowest BCUT2D eigenvalue weighted by molar-refractivity contribution is -0.241. The van der Waals surface area contributed by atoms with Gasteiger partial charge in [-0.3, -0.25) is 0 Å². The fourth-order valence-electron chi connectivity index (χ4n) is 0.515. The molecule has 0 radical (unpaired) electrons. The van der Waals surface area contributed by atoms with E-state index in [-0.39, 0.29) is 0 Å². The second-order valence-corrected chi connectivity index (χ2v) is 10.4.